The Kier molecular flexibility index (Phi) is 5.30. The summed E-state index contributed by atoms with van der Waals surface area (Å²) < 4.78 is 37.3. The van der Waals surface area contributed by atoms with Gasteiger partial charge in [0, 0.05) is 11.9 Å². The normalized spacial score (nSPS) is 11.3. The first-order valence-electron chi connectivity index (χ1n) is 6.79. The predicted molar refractivity (Wildman–Crippen MR) is 84.5 cm³/mol. The summed E-state index contributed by atoms with van der Waals surface area (Å²) in [5, 5.41) is 3.19. The average Bonchev–Trinajstić information content (AvgIpc) is 2.48. The molecule has 0 radical (unpaired) electrons. The van der Waals surface area contributed by atoms with Crippen molar-refractivity contribution in [2.45, 2.75) is 25.0 Å². The number of pyridine rings is 1. The van der Waals surface area contributed by atoms with Gasteiger partial charge in [-0.05, 0) is 37.1 Å². The molecular weight excluding hydrogens is 325 g/mol. The first-order valence-corrected chi connectivity index (χ1v) is 7.78. The zero-order valence-corrected chi connectivity index (χ0v) is 13.4. The van der Waals surface area contributed by atoms with Gasteiger partial charge >= 0.3 is 6.18 Å². The Bertz CT molecular complexity index is 679. The quantitative estimate of drug-likeness (QED) is 0.836. The molecule has 0 aliphatic carbocycles. The number of aryl methyl sites for hydroxylation is 2. The number of amides is 1. The number of alkyl halides is 3. The maximum atomic E-state index is 12.4. The van der Waals surface area contributed by atoms with Crippen LogP contribution in [0.1, 0.15) is 16.7 Å². The molecule has 0 bridgehead atoms. The summed E-state index contributed by atoms with van der Waals surface area (Å²) in [5.74, 6) is -0.152. The summed E-state index contributed by atoms with van der Waals surface area (Å²) in [7, 11) is 0. The van der Waals surface area contributed by atoms with Crippen LogP contribution in [0.4, 0.5) is 18.9 Å². The monoisotopic (exact) mass is 340 g/mol. The Balaban J connectivity index is 1.94. The molecule has 1 amide bonds. The van der Waals surface area contributed by atoms with E-state index in [-0.39, 0.29) is 11.7 Å². The third-order valence-electron chi connectivity index (χ3n) is 3.16. The van der Waals surface area contributed by atoms with Crippen molar-refractivity contribution in [1.82, 2.24) is 4.98 Å². The van der Waals surface area contributed by atoms with Crippen LogP contribution in [0.5, 0.6) is 0 Å². The molecule has 122 valence electrons. The summed E-state index contributed by atoms with van der Waals surface area (Å²) in [5.41, 5.74) is 1.87. The third kappa shape index (κ3) is 4.72. The Morgan fingerprint density at radius 2 is 1.83 bits per heavy atom. The van der Waals surface area contributed by atoms with Crippen LogP contribution in [0.2, 0.25) is 0 Å². The number of thioether (sulfide) groups is 1. The Hall–Kier alpha value is -2.02. The Morgan fingerprint density at radius 3 is 2.35 bits per heavy atom. The number of para-hydroxylation sites is 1. The number of benzene rings is 1. The number of carbonyl (C=O) groups excluding carboxylic acids is 1. The minimum atomic E-state index is -4.41. The first-order chi connectivity index (χ1) is 10.8. The molecule has 0 saturated heterocycles. The minimum absolute atomic E-state index is 0.0755. The van der Waals surface area contributed by atoms with Crippen molar-refractivity contribution in [3.63, 3.8) is 0 Å². The topological polar surface area (TPSA) is 42.0 Å². The molecule has 2 rings (SSSR count). The van der Waals surface area contributed by atoms with E-state index in [0.717, 1.165) is 40.8 Å². The van der Waals surface area contributed by atoms with Crippen LogP contribution in [0.25, 0.3) is 0 Å². The van der Waals surface area contributed by atoms with Gasteiger partial charge in [-0.2, -0.15) is 13.2 Å². The number of rotatable bonds is 4. The second-order valence-corrected chi connectivity index (χ2v) is 5.98. The number of carbonyl (C=O) groups is 1. The van der Waals surface area contributed by atoms with E-state index in [1.54, 1.807) is 0 Å². The predicted octanol–water partition coefficient (Wildman–Crippen LogP) is 4.45. The summed E-state index contributed by atoms with van der Waals surface area (Å²) in [6, 6.07) is 7.92. The highest BCUT2D eigenvalue weighted by molar-refractivity contribution is 7.99. The molecular formula is C16H15F3N2OS. The van der Waals surface area contributed by atoms with Gasteiger partial charge in [0.1, 0.15) is 0 Å². The zero-order valence-electron chi connectivity index (χ0n) is 12.6. The van der Waals surface area contributed by atoms with Crippen LogP contribution in [0, 0.1) is 13.8 Å². The van der Waals surface area contributed by atoms with Crippen molar-refractivity contribution in [3.05, 3.63) is 53.2 Å². The molecule has 23 heavy (non-hydrogen) atoms. The van der Waals surface area contributed by atoms with E-state index >= 15 is 0 Å². The number of halogens is 3. The van der Waals surface area contributed by atoms with Crippen molar-refractivity contribution < 1.29 is 18.0 Å². The lowest BCUT2D eigenvalue weighted by atomic mass is 10.1. The van der Waals surface area contributed by atoms with Crippen molar-refractivity contribution in [1.29, 1.82) is 0 Å². The molecule has 0 saturated carbocycles. The summed E-state index contributed by atoms with van der Waals surface area (Å²) in [4.78, 5) is 15.7. The molecule has 2 aromatic rings. The second kappa shape index (κ2) is 7.04. The fourth-order valence-electron chi connectivity index (χ4n) is 1.96. The second-order valence-electron chi connectivity index (χ2n) is 4.99. The lowest BCUT2D eigenvalue weighted by Crippen LogP contribution is -2.15. The molecule has 7 heteroatoms. The fourth-order valence-corrected chi connectivity index (χ4v) is 2.60. The molecule has 3 nitrogen and oxygen atoms in total. The van der Waals surface area contributed by atoms with Gasteiger partial charge in [0.25, 0.3) is 0 Å². The standard InChI is InChI=1S/C16H15F3N2OS/c1-10-4-3-5-11(2)15(10)21-13(22)9-23-14-7-6-12(8-20-14)16(17,18)19/h3-8H,9H2,1-2H3,(H,21,22). The van der Waals surface area contributed by atoms with E-state index in [2.05, 4.69) is 10.3 Å². The van der Waals surface area contributed by atoms with Crippen LogP contribution in [-0.4, -0.2) is 16.6 Å². The molecule has 1 heterocycles. The number of anilines is 1. The number of hydrogen-bond acceptors (Lipinski definition) is 3. The number of nitrogens with zero attached hydrogens (tertiary/aromatic N) is 1. The van der Waals surface area contributed by atoms with Gasteiger partial charge in [-0.15, -0.1) is 0 Å². The van der Waals surface area contributed by atoms with Gasteiger partial charge in [-0.25, -0.2) is 4.98 Å². The molecule has 0 atom stereocenters. The van der Waals surface area contributed by atoms with Gasteiger partial charge in [0.15, 0.2) is 0 Å². The molecule has 0 spiro atoms. The highest BCUT2D eigenvalue weighted by Crippen LogP contribution is 2.29. The lowest BCUT2D eigenvalue weighted by Gasteiger charge is -2.11. The molecule has 0 fully saturated rings. The first kappa shape index (κ1) is 17.3. The van der Waals surface area contributed by atoms with E-state index in [4.69, 9.17) is 0 Å². The van der Waals surface area contributed by atoms with Crippen LogP contribution in [-0.2, 0) is 11.0 Å². The SMILES string of the molecule is Cc1cccc(C)c1NC(=O)CSc1ccc(C(F)(F)F)cn1. The van der Waals surface area contributed by atoms with E-state index in [1.807, 2.05) is 32.0 Å². The van der Waals surface area contributed by atoms with Crippen molar-refractivity contribution in [2.24, 2.45) is 0 Å². The Labute approximate surface area is 136 Å². The van der Waals surface area contributed by atoms with Crippen molar-refractivity contribution in [2.75, 3.05) is 11.1 Å². The zero-order chi connectivity index (χ0) is 17.0. The lowest BCUT2D eigenvalue weighted by molar-refractivity contribution is -0.137. The smallest absolute Gasteiger partial charge is 0.325 e. The number of hydrogen-bond donors (Lipinski definition) is 1. The van der Waals surface area contributed by atoms with E-state index in [1.165, 1.54) is 6.07 Å². The summed E-state index contributed by atoms with van der Waals surface area (Å²) >= 11 is 1.09. The molecule has 1 aromatic heterocycles. The average molecular weight is 340 g/mol. The van der Waals surface area contributed by atoms with Crippen LogP contribution in [0.3, 0.4) is 0 Å². The molecule has 0 unspecified atom stereocenters. The largest absolute Gasteiger partial charge is 0.417 e. The van der Waals surface area contributed by atoms with E-state index < -0.39 is 11.7 Å². The number of nitrogens with one attached hydrogen (secondary N) is 1. The van der Waals surface area contributed by atoms with Crippen LogP contribution < -0.4 is 5.32 Å². The van der Waals surface area contributed by atoms with Crippen molar-refractivity contribution in [3.8, 4) is 0 Å². The highest BCUT2D eigenvalue weighted by Gasteiger charge is 2.30. The van der Waals surface area contributed by atoms with Crippen LogP contribution in [0.15, 0.2) is 41.6 Å². The minimum Gasteiger partial charge on any atom is -0.325 e. The maximum absolute atomic E-state index is 12.4. The van der Waals surface area contributed by atoms with Gasteiger partial charge in [-0.3, -0.25) is 4.79 Å². The van der Waals surface area contributed by atoms with Gasteiger partial charge in [-0.1, -0.05) is 30.0 Å². The maximum Gasteiger partial charge on any atom is 0.417 e. The Morgan fingerprint density at radius 1 is 1.17 bits per heavy atom. The number of aromatic nitrogens is 1. The van der Waals surface area contributed by atoms with E-state index in [0.29, 0.717) is 5.03 Å². The molecule has 0 aliphatic rings. The molecule has 1 N–H and O–H groups in total. The third-order valence-corrected chi connectivity index (χ3v) is 4.10. The van der Waals surface area contributed by atoms with Gasteiger partial charge in [0.2, 0.25) is 5.91 Å². The van der Waals surface area contributed by atoms with E-state index in [9.17, 15) is 18.0 Å². The highest BCUT2D eigenvalue weighted by atomic mass is 32.2. The summed E-state index contributed by atoms with van der Waals surface area (Å²) in [6.07, 6.45) is -3.64. The summed E-state index contributed by atoms with van der Waals surface area (Å²) in [6.45, 7) is 3.79. The van der Waals surface area contributed by atoms with Gasteiger partial charge < -0.3 is 5.32 Å². The fraction of sp³-hybridized carbons (Fsp3) is 0.250. The molecule has 1 aromatic carbocycles. The molecule has 0 aliphatic heterocycles. The van der Waals surface area contributed by atoms with Gasteiger partial charge in [0.05, 0.1) is 16.3 Å². The van der Waals surface area contributed by atoms with Crippen LogP contribution >= 0.6 is 11.8 Å². The van der Waals surface area contributed by atoms with Crippen molar-refractivity contribution >= 4 is 23.4 Å².